The number of aliphatic hydroxyl groups excluding tert-OH is 1. The minimum atomic E-state index is -1.74. The summed E-state index contributed by atoms with van der Waals surface area (Å²) >= 11 is 0. The molecule has 1 amide bonds. The first-order chi connectivity index (χ1) is 14.8. The van der Waals surface area contributed by atoms with E-state index < -0.39 is 34.2 Å². The van der Waals surface area contributed by atoms with Gasteiger partial charge in [-0.3, -0.25) is 19.7 Å². The van der Waals surface area contributed by atoms with Gasteiger partial charge in [0.25, 0.3) is 5.91 Å². The number of aromatic nitrogens is 3. The number of carbonyl (C=O) groups is 2. The molecule has 1 aliphatic rings. The van der Waals surface area contributed by atoms with Crippen LogP contribution in [0.4, 0.5) is 15.8 Å². The first-order valence-corrected chi connectivity index (χ1v) is 9.31. The topological polar surface area (TPSA) is 131 Å². The van der Waals surface area contributed by atoms with E-state index in [9.17, 15) is 29.2 Å². The first-order valence-electron chi connectivity index (χ1n) is 9.31. The van der Waals surface area contributed by atoms with E-state index in [1.54, 1.807) is 25.3 Å². The SMILES string of the molecule is CCN1C(=O)C(O)C(=O)c2cc(-c3cn(Cc4ccc([N+](=O)[O-])c(F)c4)nn3)ccc21. The van der Waals surface area contributed by atoms with Crippen molar-refractivity contribution in [1.82, 2.24) is 15.0 Å². The fraction of sp³-hybridized carbons (Fsp3) is 0.200. The summed E-state index contributed by atoms with van der Waals surface area (Å²) in [5, 5.41) is 28.7. The third-order valence-corrected chi connectivity index (χ3v) is 5.01. The maximum absolute atomic E-state index is 13.8. The van der Waals surface area contributed by atoms with Crippen LogP contribution in [0.25, 0.3) is 11.3 Å². The minimum Gasteiger partial charge on any atom is -0.376 e. The van der Waals surface area contributed by atoms with E-state index in [4.69, 9.17) is 0 Å². The number of amides is 1. The van der Waals surface area contributed by atoms with Crippen molar-refractivity contribution < 1.29 is 24.0 Å². The summed E-state index contributed by atoms with van der Waals surface area (Å²) in [6.07, 6.45) is -0.163. The van der Waals surface area contributed by atoms with Gasteiger partial charge in [-0.15, -0.1) is 5.10 Å². The van der Waals surface area contributed by atoms with Crippen molar-refractivity contribution in [2.24, 2.45) is 0 Å². The molecule has 0 fully saturated rings. The maximum Gasteiger partial charge on any atom is 0.304 e. The van der Waals surface area contributed by atoms with Crippen LogP contribution in [0.1, 0.15) is 22.8 Å². The molecular formula is C20H16FN5O5. The van der Waals surface area contributed by atoms with Crippen molar-refractivity contribution in [3.05, 3.63) is 69.7 Å². The van der Waals surface area contributed by atoms with Crippen LogP contribution in [0.5, 0.6) is 0 Å². The second-order valence-corrected chi connectivity index (χ2v) is 6.93. The largest absolute Gasteiger partial charge is 0.376 e. The highest BCUT2D eigenvalue weighted by atomic mass is 19.1. The molecule has 1 N–H and O–H groups in total. The van der Waals surface area contributed by atoms with Crippen LogP contribution in [0.15, 0.2) is 42.6 Å². The lowest BCUT2D eigenvalue weighted by Crippen LogP contribution is -2.48. The quantitative estimate of drug-likeness (QED) is 0.375. The number of Topliss-reactive ketones (excluding diaryl/α,β-unsaturated/α-hetero) is 1. The molecule has 0 spiro atoms. The highest BCUT2D eigenvalue weighted by Gasteiger charge is 2.37. The number of hydrogen-bond donors (Lipinski definition) is 1. The number of benzene rings is 2. The molecule has 3 aromatic rings. The van der Waals surface area contributed by atoms with E-state index in [1.807, 2.05) is 0 Å². The van der Waals surface area contributed by atoms with E-state index in [0.717, 1.165) is 12.1 Å². The predicted octanol–water partition coefficient (Wildman–Crippen LogP) is 1.95. The standard InChI is InChI=1S/C20H16FN5O5/c1-2-25-16-6-4-12(8-13(16)18(27)19(28)20(25)29)15-10-24(23-22-15)9-11-3-5-17(26(30)31)14(21)7-11/h3-8,10,19,28H,2,9H2,1H3. The molecule has 4 rings (SSSR count). The number of nitro benzene ring substituents is 1. The Kier molecular flexibility index (Phi) is 5.03. The molecule has 158 valence electrons. The molecule has 0 aliphatic carbocycles. The van der Waals surface area contributed by atoms with E-state index in [1.165, 1.54) is 21.7 Å². The minimum absolute atomic E-state index is 0.128. The molecule has 2 heterocycles. The van der Waals surface area contributed by atoms with E-state index >= 15 is 0 Å². The smallest absolute Gasteiger partial charge is 0.304 e. The van der Waals surface area contributed by atoms with E-state index in [0.29, 0.717) is 29.1 Å². The number of likely N-dealkylation sites (N-methyl/N-ethyl adjacent to an activating group) is 1. The van der Waals surface area contributed by atoms with Gasteiger partial charge in [-0.2, -0.15) is 4.39 Å². The number of nitrogens with zero attached hydrogens (tertiary/aromatic N) is 5. The van der Waals surface area contributed by atoms with Gasteiger partial charge in [-0.1, -0.05) is 17.3 Å². The van der Waals surface area contributed by atoms with Crippen LogP contribution in [0, 0.1) is 15.9 Å². The normalized spacial score (nSPS) is 15.8. The van der Waals surface area contributed by atoms with Crippen LogP contribution in [0.2, 0.25) is 0 Å². The molecule has 1 unspecified atom stereocenters. The predicted molar refractivity (Wildman–Crippen MR) is 106 cm³/mol. The lowest BCUT2D eigenvalue weighted by molar-refractivity contribution is -0.387. The van der Waals surface area contributed by atoms with E-state index in [2.05, 4.69) is 10.3 Å². The van der Waals surface area contributed by atoms with E-state index in [-0.39, 0.29) is 12.1 Å². The molecule has 11 heteroatoms. The number of nitro groups is 1. The van der Waals surface area contributed by atoms with Gasteiger partial charge in [-0.05, 0) is 30.7 Å². The molecule has 31 heavy (non-hydrogen) atoms. The molecule has 0 radical (unpaired) electrons. The van der Waals surface area contributed by atoms with Crippen molar-refractivity contribution in [1.29, 1.82) is 0 Å². The Morgan fingerprint density at radius 1 is 1.23 bits per heavy atom. The van der Waals surface area contributed by atoms with Gasteiger partial charge in [0.05, 0.1) is 23.4 Å². The monoisotopic (exact) mass is 425 g/mol. The highest BCUT2D eigenvalue weighted by Crippen LogP contribution is 2.31. The number of fused-ring (bicyclic) bond motifs is 1. The second kappa shape index (κ2) is 7.69. The Bertz CT molecular complexity index is 1220. The summed E-state index contributed by atoms with van der Waals surface area (Å²) < 4.78 is 15.2. The molecule has 1 aliphatic heterocycles. The fourth-order valence-corrected chi connectivity index (χ4v) is 3.47. The van der Waals surface area contributed by atoms with Crippen molar-refractivity contribution >= 4 is 23.1 Å². The Morgan fingerprint density at radius 3 is 2.68 bits per heavy atom. The summed E-state index contributed by atoms with van der Waals surface area (Å²) in [5.41, 5.74) is 1.45. The van der Waals surface area contributed by atoms with Gasteiger partial charge in [0, 0.05) is 23.7 Å². The van der Waals surface area contributed by atoms with Gasteiger partial charge in [-0.25, -0.2) is 4.68 Å². The third-order valence-electron chi connectivity index (χ3n) is 5.01. The lowest BCUT2D eigenvalue weighted by Gasteiger charge is -2.30. The lowest BCUT2D eigenvalue weighted by atomic mass is 9.95. The molecule has 1 aromatic heterocycles. The average Bonchev–Trinajstić information content (AvgIpc) is 3.20. The van der Waals surface area contributed by atoms with Crippen LogP contribution in [-0.4, -0.2) is 49.4 Å². The molecule has 0 saturated carbocycles. The first kappa shape index (κ1) is 20.3. The van der Waals surface area contributed by atoms with Gasteiger partial charge < -0.3 is 10.0 Å². The van der Waals surface area contributed by atoms with Crippen molar-refractivity contribution in [3.8, 4) is 11.3 Å². The number of ketones is 1. The van der Waals surface area contributed by atoms with Crippen LogP contribution in [-0.2, 0) is 11.3 Å². The summed E-state index contributed by atoms with van der Waals surface area (Å²) in [7, 11) is 0. The Morgan fingerprint density at radius 2 is 2.00 bits per heavy atom. The van der Waals surface area contributed by atoms with Gasteiger partial charge in [0.2, 0.25) is 11.6 Å². The molecule has 0 saturated heterocycles. The third kappa shape index (κ3) is 3.55. The molecular weight excluding hydrogens is 409 g/mol. The zero-order valence-corrected chi connectivity index (χ0v) is 16.2. The number of anilines is 1. The van der Waals surface area contributed by atoms with Crippen molar-refractivity contribution in [2.45, 2.75) is 19.6 Å². The summed E-state index contributed by atoms with van der Waals surface area (Å²) in [5.74, 6) is -2.28. The van der Waals surface area contributed by atoms with Crippen LogP contribution in [0.3, 0.4) is 0 Å². The van der Waals surface area contributed by atoms with Gasteiger partial charge >= 0.3 is 5.69 Å². The number of rotatable bonds is 5. The highest BCUT2D eigenvalue weighted by molar-refractivity contribution is 6.23. The Balaban J connectivity index is 1.61. The molecule has 1 atom stereocenters. The average molecular weight is 425 g/mol. The fourth-order valence-electron chi connectivity index (χ4n) is 3.47. The second-order valence-electron chi connectivity index (χ2n) is 6.93. The molecule has 2 aromatic carbocycles. The summed E-state index contributed by atoms with van der Waals surface area (Å²) in [6.45, 7) is 2.17. The maximum atomic E-state index is 13.8. The number of carbonyl (C=O) groups excluding carboxylic acids is 2. The van der Waals surface area contributed by atoms with Crippen LogP contribution >= 0.6 is 0 Å². The van der Waals surface area contributed by atoms with Crippen molar-refractivity contribution in [2.75, 3.05) is 11.4 Å². The molecule has 10 nitrogen and oxygen atoms in total. The number of aliphatic hydroxyl groups is 1. The Hall–Kier alpha value is -3.99. The van der Waals surface area contributed by atoms with Crippen molar-refractivity contribution in [3.63, 3.8) is 0 Å². The Labute approximate surface area is 174 Å². The zero-order valence-electron chi connectivity index (χ0n) is 16.2. The van der Waals surface area contributed by atoms with Crippen LogP contribution < -0.4 is 4.90 Å². The number of hydrogen-bond acceptors (Lipinski definition) is 7. The summed E-state index contributed by atoms with van der Waals surface area (Å²) in [4.78, 5) is 35.8. The summed E-state index contributed by atoms with van der Waals surface area (Å²) in [6, 6.07) is 8.41. The van der Waals surface area contributed by atoms with Gasteiger partial charge in [0.1, 0.15) is 5.69 Å². The zero-order chi connectivity index (χ0) is 22.3. The van der Waals surface area contributed by atoms with Gasteiger partial charge in [0.15, 0.2) is 6.10 Å². The number of halogens is 1. The molecule has 0 bridgehead atoms.